The van der Waals surface area contributed by atoms with Crippen LogP contribution in [0.3, 0.4) is 0 Å². The van der Waals surface area contributed by atoms with Gasteiger partial charge in [0.05, 0.1) is 24.0 Å². The molecule has 2 aromatic heterocycles. The van der Waals surface area contributed by atoms with E-state index in [2.05, 4.69) is 38.1 Å². The van der Waals surface area contributed by atoms with Gasteiger partial charge in [-0.1, -0.05) is 42.1 Å². The van der Waals surface area contributed by atoms with Crippen LogP contribution in [0.4, 0.5) is 0 Å². The molecule has 0 aliphatic rings. The van der Waals surface area contributed by atoms with Crippen LogP contribution in [-0.4, -0.2) is 41.6 Å². The highest BCUT2D eigenvalue weighted by molar-refractivity contribution is 7.99. The Labute approximate surface area is 168 Å². The minimum Gasteiger partial charge on any atom is -0.351 e. The first-order chi connectivity index (χ1) is 13.5. The Bertz CT molecular complexity index is 933. The molecular weight excluding hydrogens is 374 g/mol. The lowest BCUT2D eigenvalue weighted by Gasteiger charge is -2.08. The van der Waals surface area contributed by atoms with Crippen molar-refractivity contribution in [3.05, 3.63) is 52.8 Å². The number of hydrogen-bond donors (Lipinski definition) is 1. The second kappa shape index (κ2) is 9.01. The van der Waals surface area contributed by atoms with Gasteiger partial charge >= 0.3 is 0 Å². The van der Waals surface area contributed by atoms with Gasteiger partial charge in [0.25, 0.3) is 0 Å². The monoisotopic (exact) mass is 399 g/mol. The van der Waals surface area contributed by atoms with Crippen molar-refractivity contribution in [3.8, 4) is 0 Å². The van der Waals surface area contributed by atoms with Crippen LogP contribution in [0.15, 0.2) is 35.5 Å². The first-order valence-corrected chi connectivity index (χ1v) is 10.2. The zero-order valence-electron chi connectivity index (χ0n) is 16.6. The third-order valence-corrected chi connectivity index (χ3v) is 5.39. The molecule has 0 spiro atoms. The third-order valence-electron chi connectivity index (χ3n) is 4.45. The Hall–Kier alpha value is -2.68. The summed E-state index contributed by atoms with van der Waals surface area (Å²) >= 11 is 1.33. The first-order valence-electron chi connectivity index (χ1n) is 9.20. The molecule has 9 heteroatoms. The molecule has 3 rings (SSSR count). The number of benzene rings is 1. The number of nitrogens with zero attached hydrogens (tertiary/aromatic N) is 6. The zero-order chi connectivity index (χ0) is 20.1. The predicted octanol–water partition coefficient (Wildman–Crippen LogP) is 2.52. The van der Waals surface area contributed by atoms with Crippen molar-refractivity contribution in [2.45, 2.75) is 52.0 Å². The normalized spacial score (nSPS) is 11.2. The van der Waals surface area contributed by atoms with Gasteiger partial charge in [0.15, 0.2) is 0 Å². The molecule has 0 aliphatic heterocycles. The van der Waals surface area contributed by atoms with E-state index in [1.54, 1.807) is 4.68 Å². The maximum absolute atomic E-state index is 12.3. The number of hydrogen-bond acceptors (Lipinski definition) is 6. The molecule has 0 radical (unpaired) electrons. The molecule has 28 heavy (non-hydrogen) atoms. The lowest BCUT2D eigenvalue weighted by molar-refractivity contribution is -0.118. The minimum absolute atomic E-state index is 0.0575. The Kier molecular flexibility index (Phi) is 6.45. The van der Waals surface area contributed by atoms with E-state index < -0.39 is 0 Å². The van der Waals surface area contributed by atoms with Crippen molar-refractivity contribution >= 4 is 17.7 Å². The molecule has 1 aromatic carbocycles. The first kappa shape index (κ1) is 20.1. The number of thioether (sulfide) groups is 1. The maximum atomic E-state index is 12.3. The number of tetrazole rings is 1. The van der Waals surface area contributed by atoms with Crippen LogP contribution >= 0.6 is 11.8 Å². The number of nitrogens with one attached hydrogen (secondary N) is 1. The van der Waals surface area contributed by atoms with Crippen LogP contribution in [0, 0.1) is 13.8 Å². The average Bonchev–Trinajstić information content (AvgIpc) is 3.24. The molecular formula is C19H25N7OS. The highest BCUT2D eigenvalue weighted by Gasteiger charge is 2.15. The van der Waals surface area contributed by atoms with E-state index >= 15 is 0 Å². The van der Waals surface area contributed by atoms with Gasteiger partial charge in [-0.15, -0.1) is 5.10 Å². The standard InChI is InChI=1S/C19H25N7OS/c1-13(2)26-19(21-23-24-26)28-12-18(27)20-10-17-14(3)22-25(15(17)4)11-16-8-6-5-7-9-16/h5-9,13H,10-12H2,1-4H3,(H,20,27). The Morgan fingerprint density at radius 1 is 1.21 bits per heavy atom. The Morgan fingerprint density at radius 3 is 2.68 bits per heavy atom. The molecule has 1 N–H and O–H groups in total. The van der Waals surface area contributed by atoms with E-state index in [1.807, 2.05) is 50.6 Å². The van der Waals surface area contributed by atoms with Gasteiger partial charge in [0.2, 0.25) is 11.1 Å². The average molecular weight is 400 g/mol. The van der Waals surface area contributed by atoms with E-state index in [1.165, 1.54) is 17.3 Å². The van der Waals surface area contributed by atoms with Crippen molar-refractivity contribution < 1.29 is 4.79 Å². The molecule has 1 amide bonds. The SMILES string of the molecule is Cc1nn(Cc2ccccc2)c(C)c1CNC(=O)CSc1nnnn1C(C)C. The Balaban J connectivity index is 1.57. The number of rotatable bonds is 8. The van der Waals surface area contributed by atoms with Crippen LogP contribution < -0.4 is 5.32 Å². The second-order valence-electron chi connectivity index (χ2n) is 6.86. The highest BCUT2D eigenvalue weighted by atomic mass is 32.2. The molecule has 2 heterocycles. The number of carbonyl (C=O) groups is 1. The summed E-state index contributed by atoms with van der Waals surface area (Å²) in [6.07, 6.45) is 0. The number of aromatic nitrogens is 6. The van der Waals surface area contributed by atoms with Gasteiger partial charge in [-0.05, 0) is 43.7 Å². The van der Waals surface area contributed by atoms with Crippen molar-refractivity contribution in [2.24, 2.45) is 0 Å². The molecule has 0 saturated carbocycles. The van der Waals surface area contributed by atoms with Crippen molar-refractivity contribution in [3.63, 3.8) is 0 Å². The van der Waals surface area contributed by atoms with E-state index in [4.69, 9.17) is 0 Å². The molecule has 148 valence electrons. The van der Waals surface area contributed by atoms with Gasteiger partial charge in [0, 0.05) is 17.8 Å². The van der Waals surface area contributed by atoms with Crippen molar-refractivity contribution in [1.29, 1.82) is 0 Å². The smallest absolute Gasteiger partial charge is 0.230 e. The summed E-state index contributed by atoms with van der Waals surface area (Å²) in [5.41, 5.74) is 4.26. The summed E-state index contributed by atoms with van der Waals surface area (Å²) in [5.74, 6) is 0.210. The van der Waals surface area contributed by atoms with Gasteiger partial charge < -0.3 is 5.32 Å². The fourth-order valence-corrected chi connectivity index (χ4v) is 3.71. The van der Waals surface area contributed by atoms with Crippen LogP contribution in [-0.2, 0) is 17.9 Å². The molecule has 0 unspecified atom stereocenters. The van der Waals surface area contributed by atoms with Gasteiger partial charge in [-0.25, -0.2) is 4.68 Å². The molecule has 8 nitrogen and oxygen atoms in total. The second-order valence-corrected chi connectivity index (χ2v) is 7.80. The van der Waals surface area contributed by atoms with Crippen LogP contribution in [0.2, 0.25) is 0 Å². The zero-order valence-corrected chi connectivity index (χ0v) is 17.4. The summed E-state index contributed by atoms with van der Waals surface area (Å²) < 4.78 is 3.69. The van der Waals surface area contributed by atoms with E-state index in [0.717, 1.165) is 23.5 Å². The fraction of sp³-hybridized carbons (Fsp3) is 0.421. The van der Waals surface area contributed by atoms with Crippen LogP contribution in [0.25, 0.3) is 0 Å². The molecule has 0 aliphatic carbocycles. The van der Waals surface area contributed by atoms with Crippen LogP contribution in [0.5, 0.6) is 0 Å². The number of carbonyl (C=O) groups excluding carboxylic acids is 1. The fourth-order valence-electron chi connectivity index (χ4n) is 2.87. The van der Waals surface area contributed by atoms with Gasteiger partial charge in [-0.2, -0.15) is 5.10 Å². The molecule has 0 atom stereocenters. The molecule has 3 aromatic rings. The topological polar surface area (TPSA) is 90.5 Å². The Morgan fingerprint density at radius 2 is 1.96 bits per heavy atom. The molecule has 0 fully saturated rings. The lowest BCUT2D eigenvalue weighted by Crippen LogP contribution is -2.25. The van der Waals surface area contributed by atoms with E-state index in [9.17, 15) is 4.79 Å². The van der Waals surface area contributed by atoms with Gasteiger partial charge in [-0.3, -0.25) is 9.48 Å². The van der Waals surface area contributed by atoms with Gasteiger partial charge in [0.1, 0.15) is 0 Å². The third kappa shape index (κ3) is 4.78. The number of amides is 1. The maximum Gasteiger partial charge on any atom is 0.230 e. The highest BCUT2D eigenvalue weighted by Crippen LogP contribution is 2.18. The summed E-state index contributed by atoms with van der Waals surface area (Å²) in [7, 11) is 0. The van der Waals surface area contributed by atoms with E-state index in [0.29, 0.717) is 11.7 Å². The quantitative estimate of drug-likeness (QED) is 0.586. The lowest BCUT2D eigenvalue weighted by atomic mass is 10.2. The van der Waals surface area contributed by atoms with Crippen molar-refractivity contribution in [2.75, 3.05) is 5.75 Å². The van der Waals surface area contributed by atoms with E-state index in [-0.39, 0.29) is 17.7 Å². The summed E-state index contributed by atoms with van der Waals surface area (Å²) in [6, 6.07) is 10.4. The minimum atomic E-state index is -0.0575. The van der Waals surface area contributed by atoms with Crippen LogP contribution in [0.1, 0.15) is 42.4 Å². The predicted molar refractivity (Wildman–Crippen MR) is 108 cm³/mol. The van der Waals surface area contributed by atoms with Crippen molar-refractivity contribution in [1.82, 2.24) is 35.3 Å². The molecule has 0 bridgehead atoms. The number of aryl methyl sites for hydroxylation is 1. The summed E-state index contributed by atoms with van der Waals surface area (Å²) in [4.78, 5) is 12.3. The summed E-state index contributed by atoms with van der Waals surface area (Å²) in [6.45, 7) is 9.19. The molecule has 0 saturated heterocycles. The summed E-state index contributed by atoms with van der Waals surface area (Å²) in [5, 5.41) is 19.8. The largest absolute Gasteiger partial charge is 0.351 e.